The van der Waals surface area contributed by atoms with Crippen molar-refractivity contribution in [3.05, 3.63) is 70.8 Å². The number of aryl methyl sites for hydroxylation is 1. The first-order valence-corrected chi connectivity index (χ1v) is 7.09. The summed E-state index contributed by atoms with van der Waals surface area (Å²) in [5, 5.41) is 0. The Morgan fingerprint density at radius 2 is 1.81 bits per heavy atom. The lowest BCUT2D eigenvalue weighted by atomic mass is 9.97. The molecule has 4 heteroatoms. The Morgan fingerprint density at radius 3 is 2.48 bits per heavy atom. The van der Waals surface area contributed by atoms with Gasteiger partial charge in [0.15, 0.2) is 11.6 Å². The third-order valence-corrected chi connectivity index (χ3v) is 4.32. The van der Waals surface area contributed by atoms with Crippen LogP contribution in [0, 0.1) is 24.5 Å². The maximum absolute atomic E-state index is 14.1. The zero-order chi connectivity index (χ0) is 15.0. The highest BCUT2D eigenvalue weighted by Crippen LogP contribution is 2.54. The minimum Gasteiger partial charge on any atom is -0.271 e. The van der Waals surface area contributed by atoms with Crippen molar-refractivity contribution in [2.24, 2.45) is 11.8 Å². The van der Waals surface area contributed by atoms with E-state index in [1.807, 2.05) is 18.2 Å². The van der Waals surface area contributed by atoms with Gasteiger partial charge in [0.1, 0.15) is 0 Å². The van der Waals surface area contributed by atoms with Crippen LogP contribution in [-0.2, 0) is 0 Å². The van der Waals surface area contributed by atoms with Gasteiger partial charge in [0.25, 0.3) is 0 Å². The van der Waals surface area contributed by atoms with Crippen molar-refractivity contribution in [1.82, 2.24) is 5.43 Å². The van der Waals surface area contributed by atoms with Crippen LogP contribution in [0.1, 0.15) is 35.1 Å². The number of hydrogen-bond acceptors (Lipinski definition) is 2. The second kappa shape index (κ2) is 5.54. The maximum atomic E-state index is 14.1. The van der Waals surface area contributed by atoms with Crippen molar-refractivity contribution in [2.75, 3.05) is 0 Å². The van der Waals surface area contributed by atoms with Gasteiger partial charge in [-0.15, -0.1) is 0 Å². The molecule has 3 unspecified atom stereocenters. The van der Waals surface area contributed by atoms with Gasteiger partial charge in [-0.25, -0.2) is 8.78 Å². The van der Waals surface area contributed by atoms with E-state index < -0.39 is 11.6 Å². The summed E-state index contributed by atoms with van der Waals surface area (Å²) in [6.07, 6.45) is 0.924. The molecule has 2 aromatic carbocycles. The van der Waals surface area contributed by atoms with E-state index in [4.69, 9.17) is 5.84 Å². The van der Waals surface area contributed by atoms with Gasteiger partial charge in [0.05, 0.1) is 6.04 Å². The molecule has 3 N–H and O–H groups in total. The van der Waals surface area contributed by atoms with E-state index >= 15 is 0 Å². The van der Waals surface area contributed by atoms with Crippen LogP contribution in [0.4, 0.5) is 8.78 Å². The van der Waals surface area contributed by atoms with E-state index in [9.17, 15) is 8.78 Å². The first kappa shape index (κ1) is 14.2. The van der Waals surface area contributed by atoms with Gasteiger partial charge < -0.3 is 0 Å². The van der Waals surface area contributed by atoms with Gasteiger partial charge >= 0.3 is 0 Å². The summed E-state index contributed by atoms with van der Waals surface area (Å²) >= 11 is 0. The molecular weight excluding hydrogens is 270 g/mol. The third-order valence-electron chi connectivity index (χ3n) is 4.32. The van der Waals surface area contributed by atoms with Crippen molar-refractivity contribution in [2.45, 2.75) is 25.3 Å². The number of rotatable bonds is 4. The second-order valence-electron chi connectivity index (χ2n) is 5.66. The number of hydrogen-bond donors (Lipinski definition) is 2. The molecule has 1 fully saturated rings. The van der Waals surface area contributed by atoms with Crippen LogP contribution < -0.4 is 11.3 Å². The monoisotopic (exact) mass is 288 g/mol. The lowest BCUT2D eigenvalue weighted by molar-refractivity contribution is 0.435. The molecule has 0 spiro atoms. The fourth-order valence-electron chi connectivity index (χ4n) is 3.01. The van der Waals surface area contributed by atoms with Gasteiger partial charge in [-0.05, 0) is 36.3 Å². The largest absolute Gasteiger partial charge is 0.271 e. The molecule has 21 heavy (non-hydrogen) atoms. The summed E-state index contributed by atoms with van der Waals surface area (Å²) in [6, 6.07) is 12.9. The summed E-state index contributed by atoms with van der Waals surface area (Å²) in [5.74, 6) is 4.55. The Kier molecular flexibility index (Phi) is 3.74. The van der Waals surface area contributed by atoms with E-state index in [-0.39, 0.29) is 12.0 Å². The predicted molar refractivity (Wildman–Crippen MR) is 78.4 cm³/mol. The first-order chi connectivity index (χ1) is 10.1. The summed E-state index contributed by atoms with van der Waals surface area (Å²) in [5.41, 5.74) is 4.50. The Bertz CT molecular complexity index is 643. The normalized spacial score (nSPS) is 22.1. The predicted octanol–water partition coefficient (Wildman–Crippen LogP) is 3.58. The minimum absolute atomic E-state index is 0.189. The van der Waals surface area contributed by atoms with Crippen molar-refractivity contribution in [3.8, 4) is 0 Å². The Morgan fingerprint density at radius 1 is 1.10 bits per heavy atom. The average Bonchev–Trinajstić information content (AvgIpc) is 3.29. The third kappa shape index (κ3) is 2.57. The number of benzene rings is 2. The molecule has 2 nitrogen and oxygen atoms in total. The van der Waals surface area contributed by atoms with E-state index in [0.717, 1.165) is 6.42 Å². The quantitative estimate of drug-likeness (QED) is 0.666. The molecule has 110 valence electrons. The molecule has 0 amide bonds. The second-order valence-corrected chi connectivity index (χ2v) is 5.66. The maximum Gasteiger partial charge on any atom is 0.163 e. The fraction of sp³-hybridized carbons (Fsp3) is 0.294. The molecule has 2 aromatic rings. The molecular formula is C17H18F2N2. The molecule has 0 bridgehead atoms. The first-order valence-electron chi connectivity index (χ1n) is 7.09. The van der Waals surface area contributed by atoms with Crippen LogP contribution in [0.2, 0.25) is 0 Å². The molecule has 1 aliphatic carbocycles. The number of nitrogens with one attached hydrogen (secondary N) is 1. The lowest BCUT2D eigenvalue weighted by Crippen LogP contribution is -2.31. The van der Waals surface area contributed by atoms with E-state index in [1.165, 1.54) is 5.56 Å². The Hall–Kier alpha value is -1.78. The summed E-state index contributed by atoms with van der Waals surface area (Å²) in [6.45, 7) is 1.55. The number of halogens is 2. The topological polar surface area (TPSA) is 38.0 Å². The fourth-order valence-corrected chi connectivity index (χ4v) is 3.01. The van der Waals surface area contributed by atoms with Crippen LogP contribution in [0.15, 0.2) is 42.5 Å². The lowest BCUT2D eigenvalue weighted by Gasteiger charge is -2.18. The van der Waals surface area contributed by atoms with Gasteiger partial charge in [-0.3, -0.25) is 11.3 Å². The molecule has 1 aliphatic rings. The van der Waals surface area contributed by atoms with Crippen molar-refractivity contribution in [3.63, 3.8) is 0 Å². The van der Waals surface area contributed by atoms with E-state index in [2.05, 4.69) is 17.6 Å². The highest BCUT2D eigenvalue weighted by molar-refractivity contribution is 5.33. The van der Waals surface area contributed by atoms with Crippen LogP contribution >= 0.6 is 0 Å². The van der Waals surface area contributed by atoms with Gasteiger partial charge in [-0.2, -0.15) is 0 Å². The summed E-state index contributed by atoms with van der Waals surface area (Å²) in [4.78, 5) is 0. The van der Waals surface area contributed by atoms with Crippen molar-refractivity contribution < 1.29 is 8.78 Å². The smallest absolute Gasteiger partial charge is 0.163 e. The highest BCUT2D eigenvalue weighted by Gasteiger charge is 2.45. The molecule has 3 rings (SSSR count). The van der Waals surface area contributed by atoms with E-state index in [0.29, 0.717) is 17.0 Å². The van der Waals surface area contributed by atoms with Gasteiger partial charge in [0.2, 0.25) is 0 Å². The molecule has 3 atom stereocenters. The standard InChI is InChI=1S/C17H18F2N2/c1-10-7-8-12(16(19)15(10)18)17(21-20)14-9-13(14)11-5-3-2-4-6-11/h2-8,13-14,17,21H,9,20H2,1H3. The van der Waals surface area contributed by atoms with Crippen molar-refractivity contribution in [1.29, 1.82) is 0 Å². The minimum atomic E-state index is -0.795. The molecule has 0 aliphatic heterocycles. The van der Waals surface area contributed by atoms with Gasteiger partial charge in [0, 0.05) is 5.56 Å². The average molecular weight is 288 g/mol. The molecule has 0 heterocycles. The van der Waals surface area contributed by atoms with E-state index in [1.54, 1.807) is 19.1 Å². The van der Waals surface area contributed by atoms with Crippen molar-refractivity contribution >= 4 is 0 Å². The SMILES string of the molecule is Cc1ccc(C(NN)C2CC2c2ccccc2)c(F)c1F. The van der Waals surface area contributed by atoms with Crippen LogP contribution in [0.3, 0.4) is 0 Å². The summed E-state index contributed by atoms with van der Waals surface area (Å²) in [7, 11) is 0. The molecule has 0 aromatic heterocycles. The van der Waals surface area contributed by atoms with Crippen LogP contribution in [0.5, 0.6) is 0 Å². The molecule has 1 saturated carbocycles. The van der Waals surface area contributed by atoms with Crippen LogP contribution in [-0.4, -0.2) is 0 Å². The summed E-state index contributed by atoms with van der Waals surface area (Å²) < 4.78 is 27.9. The zero-order valence-corrected chi connectivity index (χ0v) is 11.8. The Labute approximate surface area is 122 Å². The Balaban J connectivity index is 1.86. The molecule has 0 saturated heterocycles. The van der Waals surface area contributed by atoms with Crippen LogP contribution in [0.25, 0.3) is 0 Å². The number of hydrazine groups is 1. The van der Waals surface area contributed by atoms with Gasteiger partial charge in [-0.1, -0.05) is 42.5 Å². The zero-order valence-electron chi connectivity index (χ0n) is 11.8. The molecule has 0 radical (unpaired) electrons. The highest BCUT2D eigenvalue weighted by atomic mass is 19.2. The number of nitrogens with two attached hydrogens (primary N) is 1.